The maximum atomic E-state index is 12.8. The van der Waals surface area contributed by atoms with Gasteiger partial charge in [0.15, 0.2) is 5.43 Å². The summed E-state index contributed by atoms with van der Waals surface area (Å²) in [7, 11) is -2.54. The zero-order chi connectivity index (χ0) is 17.3. The maximum absolute atomic E-state index is 12.8. The smallest absolute Gasteiger partial charge is 0.197 e. The molecule has 0 saturated heterocycles. The molecule has 21 heavy (non-hydrogen) atoms. The predicted octanol–water partition coefficient (Wildman–Crippen LogP) is 3.96. The molecule has 0 aliphatic carbocycles. The predicted molar refractivity (Wildman–Crippen MR) is 87.2 cm³/mol. The fraction of sp³-hybridized carbons (Fsp3) is 0.278. The lowest BCUT2D eigenvalue weighted by atomic mass is 10.1. The van der Waals surface area contributed by atoms with E-state index in [9.17, 15) is 4.79 Å². The zero-order valence-electron chi connectivity index (χ0n) is 14.9. The molecule has 0 amide bonds. The van der Waals surface area contributed by atoms with Crippen molar-refractivity contribution in [3.05, 3.63) is 52.7 Å². The lowest BCUT2D eigenvalue weighted by molar-refractivity contribution is 0.415. The lowest BCUT2D eigenvalue weighted by Gasteiger charge is -2.15. The van der Waals surface area contributed by atoms with Gasteiger partial charge in [0.05, 0.1) is 22.2 Å². The average Bonchev–Trinajstić information content (AvgIpc) is 2.54. The van der Waals surface area contributed by atoms with Gasteiger partial charge in [-0.15, -0.1) is 0 Å². The van der Waals surface area contributed by atoms with Crippen LogP contribution in [0.15, 0.2) is 47.3 Å². The molecule has 0 atom stereocenters. The number of rotatable bonds is 4. The van der Waals surface area contributed by atoms with E-state index in [2.05, 4.69) is 11.5 Å². The number of unbranched alkanes of at least 4 members (excludes halogenated alkanes) is 1. The first-order valence-electron chi connectivity index (χ1n) is 8.65. The van der Waals surface area contributed by atoms with Crippen LogP contribution < -0.4 is 10.2 Å². The van der Waals surface area contributed by atoms with Gasteiger partial charge in [-0.2, -0.15) is 0 Å². The topological polar surface area (TPSA) is 31.2 Å². The van der Waals surface area contributed by atoms with Crippen molar-refractivity contribution in [2.24, 2.45) is 0 Å². The average molecular weight is 284 g/mol. The van der Waals surface area contributed by atoms with Crippen molar-refractivity contribution < 1.29 is 8.85 Å². The molecule has 2 aromatic carbocycles. The van der Waals surface area contributed by atoms with Crippen molar-refractivity contribution in [2.75, 3.05) is 7.04 Å². The van der Waals surface area contributed by atoms with Gasteiger partial charge in [0.25, 0.3) is 0 Å². The van der Waals surface area contributed by atoms with E-state index in [1.807, 2.05) is 18.2 Å². The van der Waals surface area contributed by atoms with Crippen LogP contribution in [0, 0.1) is 0 Å². The number of methoxy groups -OCH3 is 1. The molecule has 0 aliphatic heterocycles. The Balaban J connectivity index is 2.29. The summed E-state index contributed by atoms with van der Waals surface area (Å²) in [5, 5.41) is 1.11. The number of aryl methyl sites for hydroxylation is 1. The minimum atomic E-state index is -2.54. The van der Waals surface area contributed by atoms with Crippen LogP contribution in [0.1, 0.15) is 23.9 Å². The second kappa shape index (κ2) is 5.60. The van der Waals surface area contributed by atoms with Crippen molar-refractivity contribution >= 4 is 21.8 Å². The van der Waals surface area contributed by atoms with E-state index in [-0.39, 0.29) is 11.2 Å². The molecular weight excluding hydrogens is 262 g/mol. The third-order valence-electron chi connectivity index (χ3n) is 3.80. The van der Waals surface area contributed by atoms with Crippen molar-refractivity contribution in [3.63, 3.8) is 0 Å². The van der Waals surface area contributed by atoms with Crippen LogP contribution >= 0.6 is 0 Å². The van der Waals surface area contributed by atoms with Crippen LogP contribution in [0.4, 0.5) is 0 Å². The minimum absolute atomic E-state index is 0.107. The van der Waals surface area contributed by atoms with Crippen molar-refractivity contribution in [2.45, 2.75) is 26.3 Å². The number of ether oxygens (including phenoxy) is 1. The monoisotopic (exact) mass is 284 g/mol. The number of hydrogen-bond donors (Lipinski definition) is 0. The zero-order valence-corrected chi connectivity index (χ0v) is 11.9. The molecule has 0 fully saturated rings. The molecule has 0 N–H and O–H groups in total. The van der Waals surface area contributed by atoms with Gasteiger partial charge in [0.1, 0.15) is 5.75 Å². The van der Waals surface area contributed by atoms with Crippen LogP contribution in [-0.2, 0) is 6.54 Å². The highest BCUT2D eigenvalue weighted by Crippen LogP contribution is 2.23. The first-order valence-corrected chi connectivity index (χ1v) is 7.15. The SMILES string of the molecule is [2H]C([2H])([2H])Oc1ccc2c(c1)c(=O)c1ccccc1n2CCCC. The van der Waals surface area contributed by atoms with Crippen LogP contribution in [0.25, 0.3) is 21.8 Å². The summed E-state index contributed by atoms with van der Waals surface area (Å²) in [5.41, 5.74) is 1.59. The van der Waals surface area contributed by atoms with E-state index in [0.29, 0.717) is 10.8 Å². The molecule has 0 unspecified atom stereocenters. The normalized spacial score (nSPS) is 13.9. The van der Waals surface area contributed by atoms with Crippen LogP contribution in [-0.4, -0.2) is 11.6 Å². The first kappa shape index (κ1) is 10.4. The van der Waals surface area contributed by atoms with E-state index in [0.717, 1.165) is 30.4 Å². The van der Waals surface area contributed by atoms with Gasteiger partial charge in [-0.05, 0) is 36.8 Å². The number of pyridine rings is 1. The van der Waals surface area contributed by atoms with Gasteiger partial charge >= 0.3 is 0 Å². The van der Waals surface area contributed by atoms with Crippen molar-refractivity contribution in [3.8, 4) is 5.75 Å². The number of hydrogen-bond acceptors (Lipinski definition) is 2. The highest BCUT2D eigenvalue weighted by Gasteiger charge is 2.10. The fourth-order valence-electron chi connectivity index (χ4n) is 2.73. The Morgan fingerprint density at radius 2 is 1.95 bits per heavy atom. The summed E-state index contributed by atoms with van der Waals surface area (Å²) in [4.78, 5) is 12.8. The molecule has 3 aromatic rings. The standard InChI is InChI=1S/C18H19NO2/c1-3-4-11-19-16-8-6-5-7-14(16)18(20)15-12-13(21-2)9-10-17(15)19/h5-10,12H,3-4,11H2,1-2H3/i2D3. The highest BCUT2D eigenvalue weighted by atomic mass is 16.5. The van der Waals surface area contributed by atoms with E-state index in [1.54, 1.807) is 18.2 Å². The fourth-order valence-corrected chi connectivity index (χ4v) is 2.73. The molecule has 108 valence electrons. The van der Waals surface area contributed by atoms with Crippen molar-refractivity contribution in [1.29, 1.82) is 0 Å². The Morgan fingerprint density at radius 1 is 1.14 bits per heavy atom. The van der Waals surface area contributed by atoms with Gasteiger partial charge in [-0.1, -0.05) is 25.5 Å². The first-order chi connectivity index (χ1) is 11.4. The molecule has 1 aromatic heterocycles. The second-order valence-electron chi connectivity index (χ2n) is 5.13. The van der Waals surface area contributed by atoms with Gasteiger partial charge in [0, 0.05) is 17.3 Å². The molecule has 0 radical (unpaired) electrons. The minimum Gasteiger partial charge on any atom is -0.497 e. The second-order valence-corrected chi connectivity index (χ2v) is 5.13. The quantitative estimate of drug-likeness (QED) is 0.679. The largest absolute Gasteiger partial charge is 0.497 e. The molecule has 0 aliphatic rings. The van der Waals surface area contributed by atoms with Crippen molar-refractivity contribution in [1.82, 2.24) is 4.57 Å². The Bertz CT molecular complexity index is 945. The summed E-state index contributed by atoms with van der Waals surface area (Å²) < 4.78 is 28.7. The molecule has 0 spiro atoms. The van der Waals surface area contributed by atoms with E-state index >= 15 is 0 Å². The number of fused-ring (bicyclic) bond motifs is 2. The molecule has 3 heteroatoms. The maximum Gasteiger partial charge on any atom is 0.197 e. The Morgan fingerprint density at radius 3 is 2.76 bits per heavy atom. The van der Waals surface area contributed by atoms with E-state index < -0.39 is 7.04 Å². The van der Waals surface area contributed by atoms with Gasteiger partial charge in [-0.25, -0.2) is 0 Å². The summed E-state index contributed by atoms with van der Waals surface area (Å²) in [6.45, 7) is 2.92. The molecular formula is C18H19NO2. The van der Waals surface area contributed by atoms with Gasteiger partial charge in [0.2, 0.25) is 0 Å². The Hall–Kier alpha value is -2.29. The summed E-state index contributed by atoms with van der Waals surface area (Å²) in [5.74, 6) is 0.178. The number of nitrogens with zero attached hydrogens (tertiary/aromatic N) is 1. The van der Waals surface area contributed by atoms with Gasteiger partial charge < -0.3 is 9.30 Å². The van der Waals surface area contributed by atoms with Crippen LogP contribution in [0.2, 0.25) is 0 Å². The molecule has 3 nitrogen and oxygen atoms in total. The van der Waals surface area contributed by atoms with Crippen LogP contribution in [0.3, 0.4) is 0 Å². The van der Waals surface area contributed by atoms with Crippen LogP contribution in [0.5, 0.6) is 5.75 Å². The summed E-state index contributed by atoms with van der Waals surface area (Å²) in [6.07, 6.45) is 2.04. The Labute approximate surface area is 128 Å². The molecule has 3 rings (SSSR count). The number of aromatic nitrogens is 1. The van der Waals surface area contributed by atoms with E-state index in [1.165, 1.54) is 6.07 Å². The molecule has 0 saturated carbocycles. The summed E-state index contributed by atoms with van der Waals surface area (Å²) in [6, 6.07) is 12.4. The highest BCUT2D eigenvalue weighted by molar-refractivity contribution is 5.94. The lowest BCUT2D eigenvalue weighted by Crippen LogP contribution is -2.11. The number of para-hydroxylation sites is 1. The van der Waals surface area contributed by atoms with Gasteiger partial charge in [-0.3, -0.25) is 4.79 Å². The molecule has 0 bridgehead atoms. The number of benzene rings is 2. The van der Waals surface area contributed by atoms with E-state index in [4.69, 9.17) is 8.85 Å². The third kappa shape index (κ3) is 2.29. The third-order valence-corrected chi connectivity index (χ3v) is 3.80. The molecule has 1 heterocycles. The summed E-state index contributed by atoms with van der Waals surface area (Å²) >= 11 is 0. The Kier molecular flexibility index (Phi) is 2.78.